The third kappa shape index (κ3) is 8.48. The van der Waals surface area contributed by atoms with Gasteiger partial charge in [0.1, 0.15) is 11.6 Å². The second-order valence-corrected chi connectivity index (χ2v) is 11.5. The number of carbonyl (C=O) groups excluding carboxylic acids is 3. The summed E-state index contributed by atoms with van der Waals surface area (Å²) in [7, 11) is 1.52. The zero-order valence-corrected chi connectivity index (χ0v) is 26.2. The number of ketones is 1. The van der Waals surface area contributed by atoms with E-state index in [4.69, 9.17) is 19.6 Å². The number of aliphatic carboxylic acids is 1. The smallest absolute Gasteiger partial charge is 0.341 e. The molecule has 12 heteroatoms. The maximum Gasteiger partial charge on any atom is 0.341 e. The van der Waals surface area contributed by atoms with Gasteiger partial charge in [0, 0.05) is 43.8 Å². The van der Waals surface area contributed by atoms with Crippen molar-refractivity contribution in [2.24, 2.45) is 0 Å². The summed E-state index contributed by atoms with van der Waals surface area (Å²) in [4.78, 5) is 50.3. The Hall–Kier alpha value is -4.61. The lowest BCUT2D eigenvalue weighted by Gasteiger charge is -2.26. The molecule has 0 spiro atoms. The number of fused-ring (bicyclic) bond motifs is 1. The number of hydrogen-bond acceptors (Lipinski definition) is 8. The van der Waals surface area contributed by atoms with Crippen LogP contribution in [0.15, 0.2) is 24.3 Å². The van der Waals surface area contributed by atoms with E-state index in [-0.39, 0.29) is 54.6 Å². The average molecular weight is 611 g/mol. The van der Waals surface area contributed by atoms with Crippen LogP contribution in [-0.4, -0.2) is 79.4 Å². The zero-order valence-electron chi connectivity index (χ0n) is 26.2. The van der Waals surface area contributed by atoms with Gasteiger partial charge >= 0.3 is 5.97 Å². The van der Waals surface area contributed by atoms with E-state index in [9.17, 15) is 24.3 Å². The molecular weight excluding hydrogens is 568 g/mol. The number of unbranched alkanes of at least 4 members (excludes halogenated alkanes) is 1. The van der Waals surface area contributed by atoms with Gasteiger partial charge in [0.25, 0.3) is 5.91 Å². The first-order valence-electron chi connectivity index (χ1n) is 14.6. The normalized spacial score (nSPS) is 12.4. The van der Waals surface area contributed by atoms with E-state index in [1.807, 2.05) is 27.7 Å². The Morgan fingerprint density at radius 1 is 1.02 bits per heavy atom. The molecule has 1 heterocycles. The highest BCUT2D eigenvalue weighted by molar-refractivity contribution is 6.07. The van der Waals surface area contributed by atoms with Crippen molar-refractivity contribution >= 4 is 29.4 Å². The summed E-state index contributed by atoms with van der Waals surface area (Å²) in [5.41, 5.74) is 2.04. The molecule has 0 unspecified atom stereocenters. The van der Waals surface area contributed by atoms with Crippen molar-refractivity contribution in [3.05, 3.63) is 52.1 Å². The first-order valence-corrected chi connectivity index (χ1v) is 14.6. The summed E-state index contributed by atoms with van der Waals surface area (Å²) in [6.07, 6.45) is 1.27. The highest BCUT2D eigenvalue weighted by Crippen LogP contribution is 2.40. The molecule has 2 amide bonds. The molecule has 0 saturated heterocycles. The molecule has 0 radical (unpaired) electrons. The van der Waals surface area contributed by atoms with E-state index in [0.717, 1.165) is 5.56 Å². The van der Waals surface area contributed by atoms with Crippen molar-refractivity contribution in [3.63, 3.8) is 0 Å². The van der Waals surface area contributed by atoms with E-state index in [1.54, 1.807) is 29.2 Å². The van der Waals surface area contributed by atoms with Crippen LogP contribution >= 0.6 is 0 Å². The lowest BCUT2D eigenvalue weighted by molar-refractivity contribution is -0.139. The van der Waals surface area contributed by atoms with Gasteiger partial charge in [0.15, 0.2) is 23.9 Å². The Morgan fingerprint density at radius 3 is 2.36 bits per heavy atom. The van der Waals surface area contributed by atoms with Crippen molar-refractivity contribution in [3.8, 4) is 17.2 Å². The van der Waals surface area contributed by atoms with E-state index >= 15 is 0 Å². The predicted octanol–water partition coefficient (Wildman–Crippen LogP) is 3.52. The summed E-state index contributed by atoms with van der Waals surface area (Å²) in [6, 6.07) is 6.60. The van der Waals surface area contributed by atoms with Crippen LogP contribution in [0, 0.1) is 5.41 Å². The number of amides is 2. The highest BCUT2D eigenvalue weighted by atomic mass is 16.5. The van der Waals surface area contributed by atoms with Crippen LogP contribution in [0.3, 0.4) is 0 Å². The highest BCUT2D eigenvalue weighted by Gasteiger charge is 2.31. The van der Waals surface area contributed by atoms with Crippen LogP contribution in [0.25, 0.3) is 0 Å². The van der Waals surface area contributed by atoms with Crippen molar-refractivity contribution in [1.82, 2.24) is 15.5 Å². The molecule has 2 aromatic rings. The van der Waals surface area contributed by atoms with Gasteiger partial charge in [-0.15, -0.1) is 0 Å². The molecule has 0 bridgehead atoms. The van der Waals surface area contributed by atoms with Crippen LogP contribution in [0.2, 0.25) is 0 Å². The van der Waals surface area contributed by atoms with E-state index in [0.29, 0.717) is 54.0 Å². The van der Waals surface area contributed by atoms with Gasteiger partial charge in [-0.05, 0) is 55.0 Å². The Labute approximate surface area is 257 Å². The molecule has 3 rings (SSSR count). The fourth-order valence-electron chi connectivity index (χ4n) is 4.80. The fraction of sp³-hybridized carbons (Fsp3) is 0.469. The fourth-order valence-corrected chi connectivity index (χ4v) is 4.80. The van der Waals surface area contributed by atoms with Crippen molar-refractivity contribution < 1.29 is 38.5 Å². The molecular formula is C32H42N4O8. The predicted molar refractivity (Wildman–Crippen MR) is 164 cm³/mol. The lowest BCUT2D eigenvalue weighted by atomic mass is 9.84. The number of Topliss-reactive ketones (excluding diaryl/α,β-unsaturated/α-hetero) is 1. The minimum atomic E-state index is -1.15. The zero-order chi connectivity index (χ0) is 32.6. The van der Waals surface area contributed by atoms with E-state index < -0.39 is 18.0 Å². The molecule has 1 aliphatic rings. The number of benzene rings is 2. The van der Waals surface area contributed by atoms with Crippen LogP contribution < -0.4 is 24.8 Å². The van der Waals surface area contributed by atoms with Crippen molar-refractivity contribution in [2.45, 2.75) is 59.4 Å². The topological polar surface area (TPSA) is 167 Å². The van der Waals surface area contributed by atoms with Crippen molar-refractivity contribution in [2.75, 3.05) is 40.0 Å². The molecule has 12 nitrogen and oxygen atoms in total. The van der Waals surface area contributed by atoms with Crippen LogP contribution in [0.1, 0.15) is 84.9 Å². The second-order valence-electron chi connectivity index (χ2n) is 11.5. The maximum absolute atomic E-state index is 13.7. The maximum atomic E-state index is 13.7. The Morgan fingerprint density at radius 2 is 1.75 bits per heavy atom. The van der Waals surface area contributed by atoms with E-state index in [2.05, 4.69) is 10.6 Å². The van der Waals surface area contributed by atoms with E-state index in [1.165, 1.54) is 14.0 Å². The molecule has 238 valence electrons. The summed E-state index contributed by atoms with van der Waals surface area (Å²) in [5, 5.41) is 23.4. The van der Waals surface area contributed by atoms with Crippen LogP contribution in [-0.2, 0) is 21.5 Å². The molecule has 0 atom stereocenters. The van der Waals surface area contributed by atoms with Gasteiger partial charge in [-0.3, -0.25) is 19.8 Å². The Kier molecular flexibility index (Phi) is 11.3. The molecule has 44 heavy (non-hydrogen) atoms. The molecule has 0 aromatic heterocycles. The number of carboxylic acids is 1. The number of ether oxygens (including phenoxy) is 3. The number of nitrogens with one attached hydrogen (secondary N) is 3. The number of carbonyl (C=O) groups is 4. The Balaban J connectivity index is 1.90. The minimum absolute atomic E-state index is 0.109. The summed E-state index contributed by atoms with van der Waals surface area (Å²) in [5.74, 6) is -0.835. The third-order valence-electron chi connectivity index (χ3n) is 6.97. The molecule has 0 saturated carbocycles. The quantitative estimate of drug-likeness (QED) is 0.174. The van der Waals surface area contributed by atoms with Gasteiger partial charge in [-0.1, -0.05) is 20.8 Å². The van der Waals surface area contributed by atoms with Gasteiger partial charge in [0.2, 0.25) is 5.91 Å². The number of carboxylic acid groups (broad SMARTS) is 1. The monoisotopic (exact) mass is 610 g/mol. The minimum Gasteiger partial charge on any atom is -0.493 e. The standard InChI is InChI=1S/C32H42N4O8/c1-7-42-26-14-21-16-36(30(33)22(21)15-23(26)31(41)34-6)17-25(38)20-12-24(32(3,4)5)29(44-18-28(39)40)27(13-20)43-11-9-8-10-35-19(2)37/h12-15,33H,7-11,16-18H2,1-6H3,(H,34,41)(H,35,37)(H,39,40). The summed E-state index contributed by atoms with van der Waals surface area (Å²) in [6.45, 7) is 9.75. The second kappa shape index (κ2) is 14.7. The Bertz CT molecular complexity index is 1430. The molecule has 1 aliphatic heterocycles. The first-order chi connectivity index (χ1) is 20.8. The number of rotatable bonds is 15. The summed E-state index contributed by atoms with van der Waals surface area (Å²) >= 11 is 0. The first kappa shape index (κ1) is 33.9. The number of amidine groups is 1. The molecule has 0 fully saturated rings. The molecule has 2 aromatic carbocycles. The molecule has 4 N–H and O–H groups in total. The van der Waals surface area contributed by atoms with Gasteiger partial charge in [-0.2, -0.15) is 0 Å². The summed E-state index contributed by atoms with van der Waals surface area (Å²) < 4.78 is 17.4. The SMILES string of the molecule is CCOc1cc2c(cc1C(=O)NC)C(=N)N(CC(=O)c1cc(OCCCCNC(C)=O)c(OCC(=O)O)c(C(C)(C)C)c1)C2. The van der Waals surface area contributed by atoms with Gasteiger partial charge in [0.05, 0.1) is 25.3 Å². The average Bonchev–Trinajstić information content (AvgIpc) is 3.25. The number of nitrogens with zero attached hydrogens (tertiary/aromatic N) is 1. The van der Waals surface area contributed by atoms with Gasteiger partial charge < -0.3 is 34.9 Å². The largest absolute Gasteiger partial charge is 0.493 e. The lowest BCUT2D eigenvalue weighted by Crippen LogP contribution is -2.30. The number of hydrogen-bond donors (Lipinski definition) is 4. The molecule has 0 aliphatic carbocycles. The van der Waals surface area contributed by atoms with Crippen molar-refractivity contribution in [1.29, 1.82) is 5.41 Å². The van der Waals surface area contributed by atoms with Crippen LogP contribution in [0.5, 0.6) is 17.2 Å². The third-order valence-corrected chi connectivity index (χ3v) is 6.97. The van der Waals surface area contributed by atoms with Crippen LogP contribution in [0.4, 0.5) is 0 Å². The van der Waals surface area contributed by atoms with Gasteiger partial charge in [-0.25, -0.2) is 4.79 Å².